The Balaban J connectivity index is 1.23. The monoisotopic (exact) mass is 454 g/mol. The molecule has 0 bridgehead atoms. The Kier molecular flexibility index (Phi) is 5.78. The van der Waals surface area contributed by atoms with Crippen LogP contribution in [0.1, 0.15) is 6.42 Å². The molecule has 1 fully saturated rings. The Bertz CT molecular complexity index is 1400. The minimum Gasteiger partial charge on any atom is -0.457 e. The molecular formula is C26H22N4O4. The van der Waals surface area contributed by atoms with Crippen molar-refractivity contribution in [2.24, 2.45) is 0 Å². The maximum absolute atomic E-state index is 12.7. The number of benzene rings is 3. The van der Waals surface area contributed by atoms with Gasteiger partial charge in [-0.05, 0) is 48.5 Å². The van der Waals surface area contributed by atoms with Crippen LogP contribution < -0.4 is 20.5 Å². The van der Waals surface area contributed by atoms with Gasteiger partial charge in [0, 0.05) is 18.7 Å². The van der Waals surface area contributed by atoms with Crippen molar-refractivity contribution in [3.63, 3.8) is 0 Å². The molecular weight excluding hydrogens is 432 g/mol. The summed E-state index contributed by atoms with van der Waals surface area (Å²) in [6.45, 7) is 0.216. The molecule has 4 aromatic rings. The number of carbonyl (C=O) groups is 2. The second kappa shape index (κ2) is 9.19. The second-order valence-electron chi connectivity index (χ2n) is 8.05. The van der Waals surface area contributed by atoms with Gasteiger partial charge in [-0.3, -0.25) is 19.0 Å². The van der Waals surface area contributed by atoms with E-state index in [9.17, 15) is 14.4 Å². The average molecular weight is 454 g/mol. The Morgan fingerprint density at radius 3 is 2.44 bits per heavy atom. The van der Waals surface area contributed by atoms with E-state index in [2.05, 4.69) is 10.3 Å². The molecule has 1 N–H and O–H groups in total. The van der Waals surface area contributed by atoms with Crippen LogP contribution in [-0.2, 0) is 16.1 Å². The minimum absolute atomic E-state index is 0.0754. The van der Waals surface area contributed by atoms with E-state index in [1.807, 2.05) is 60.7 Å². The Morgan fingerprint density at radius 2 is 1.65 bits per heavy atom. The fourth-order valence-corrected chi connectivity index (χ4v) is 4.07. The standard InChI is InChI=1S/C26H22N4O4/c31-24(17-30-23-9-5-4-8-22(23)27-15-26(30)33)28-18-14-25(32)29(16-18)19-10-12-21(13-11-19)34-20-6-2-1-3-7-20/h1-13,15,18H,14,16-17H2,(H,28,31). The number of fused-ring (bicyclic) bond motifs is 1. The lowest BCUT2D eigenvalue weighted by Gasteiger charge is -2.18. The Morgan fingerprint density at radius 1 is 0.941 bits per heavy atom. The van der Waals surface area contributed by atoms with E-state index >= 15 is 0 Å². The van der Waals surface area contributed by atoms with Crippen molar-refractivity contribution >= 4 is 28.5 Å². The van der Waals surface area contributed by atoms with Crippen molar-refractivity contribution in [1.82, 2.24) is 14.9 Å². The highest BCUT2D eigenvalue weighted by Crippen LogP contribution is 2.27. The van der Waals surface area contributed by atoms with Crippen LogP contribution in [0.3, 0.4) is 0 Å². The van der Waals surface area contributed by atoms with Gasteiger partial charge in [-0.25, -0.2) is 4.98 Å². The summed E-state index contributed by atoms with van der Waals surface area (Å²) < 4.78 is 7.19. The number of aromatic nitrogens is 2. The SMILES string of the molecule is O=C(Cn1c(=O)cnc2ccccc21)NC1CC(=O)N(c2ccc(Oc3ccccc3)cc2)C1. The highest BCUT2D eigenvalue weighted by atomic mass is 16.5. The van der Waals surface area contributed by atoms with E-state index in [0.29, 0.717) is 23.3 Å². The lowest BCUT2D eigenvalue weighted by atomic mass is 10.2. The number of nitrogens with one attached hydrogen (secondary N) is 1. The first-order chi connectivity index (χ1) is 16.6. The van der Waals surface area contributed by atoms with Gasteiger partial charge in [0.05, 0.1) is 23.3 Å². The van der Waals surface area contributed by atoms with Crippen LogP contribution in [0.15, 0.2) is 89.9 Å². The molecule has 0 spiro atoms. The van der Waals surface area contributed by atoms with Crippen molar-refractivity contribution in [3.8, 4) is 11.5 Å². The maximum atomic E-state index is 12.7. The average Bonchev–Trinajstić information content (AvgIpc) is 3.21. The molecule has 1 aliphatic rings. The molecule has 0 saturated carbocycles. The molecule has 8 heteroatoms. The number of nitrogens with zero attached hydrogens (tertiary/aromatic N) is 3. The van der Waals surface area contributed by atoms with Crippen molar-refractivity contribution < 1.29 is 14.3 Å². The molecule has 1 atom stereocenters. The normalized spacial score (nSPS) is 15.5. The Hall–Kier alpha value is -4.46. The fourth-order valence-electron chi connectivity index (χ4n) is 4.07. The van der Waals surface area contributed by atoms with E-state index in [-0.39, 0.29) is 36.4 Å². The fraction of sp³-hybridized carbons (Fsp3) is 0.154. The predicted molar refractivity (Wildman–Crippen MR) is 128 cm³/mol. The lowest BCUT2D eigenvalue weighted by Crippen LogP contribution is -2.40. The number of hydrogen-bond donors (Lipinski definition) is 1. The smallest absolute Gasteiger partial charge is 0.269 e. The molecule has 1 aliphatic heterocycles. The molecule has 1 aromatic heterocycles. The van der Waals surface area contributed by atoms with Crippen molar-refractivity contribution in [1.29, 1.82) is 0 Å². The number of rotatable bonds is 6. The van der Waals surface area contributed by atoms with Crippen LogP contribution in [0, 0.1) is 0 Å². The van der Waals surface area contributed by atoms with E-state index in [1.54, 1.807) is 23.1 Å². The number of ether oxygens (including phenoxy) is 1. The van der Waals surface area contributed by atoms with Crippen molar-refractivity contribution in [3.05, 3.63) is 95.4 Å². The van der Waals surface area contributed by atoms with Gasteiger partial charge in [0.25, 0.3) is 5.56 Å². The summed E-state index contributed by atoms with van der Waals surface area (Å²) in [6.07, 6.45) is 1.40. The first kappa shape index (κ1) is 21.4. The summed E-state index contributed by atoms with van der Waals surface area (Å²) in [5.74, 6) is 0.996. The van der Waals surface area contributed by atoms with Crippen LogP contribution in [0.5, 0.6) is 11.5 Å². The summed E-state index contributed by atoms with van der Waals surface area (Å²) in [5.41, 5.74) is 1.61. The number of para-hydroxylation sites is 3. The topological polar surface area (TPSA) is 93.5 Å². The quantitative estimate of drug-likeness (QED) is 0.483. The highest BCUT2D eigenvalue weighted by Gasteiger charge is 2.31. The summed E-state index contributed by atoms with van der Waals surface area (Å²) >= 11 is 0. The summed E-state index contributed by atoms with van der Waals surface area (Å²) in [4.78, 5) is 43.3. The molecule has 2 heterocycles. The zero-order valence-corrected chi connectivity index (χ0v) is 18.3. The highest BCUT2D eigenvalue weighted by molar-refractivity contribution is 5.97. The second-order valence-corrected chi connectivity index (χ2v) is 8.05. The summed E-state index contributed by atoms with van der Waals surface area (Å²) in [6, 6.07) is 23.5. The third-order valence-corrected chi connectivity index (χ3v) is 5.67. The van der Waals surface area contributed by atoms with Crippen molar-refractivity contribution in [2.45, 2.75) is 19.0 Å². The van der Waals surface area contributed by atoms with Crippen LogP contribution in [0.25, 0.3) is 11.0 Å². The number of carbonyl (C=O) groups excluding carboxylic acids is 2. The maximum Gasteiger partial charge on any atom is 0.269 e. The molecule has 0 radical (unpaired) electrons. The number of anilines is 1. The predicted octanol–water partition coefficient (Wildman–Crippen LogP) is 3.11. The van der Waals surface area contributed by atoms with Gasteiger partial charge in [-0.15, -0.1) is 0 Å². The van der Waals surface area contributed by atoms with Crippen molar-refractivity contribution in [2.75, 3.05) is 11.4 Å². The van der Waals surface area contributed by atoms with E-state index in [4.69, 9.17) is 4.74 Å². The zero-order chi connectivity index (χ0) is 23.5. The number of hydrogen-bond acceptors (Lipinski definition) is 5. The zero-order valence-electron chi connectivity index (χ0n) is 18.3. The van der Waals surface area contributed by atoms with Gasteiger partial charge in [0.1, 0.15) is 18.0 Å². The number of amides is 2. The first-order valence-corrected chi connectivity index (χ1v) is 10.9. The largest absolute Gasteiger partial charge is 0.457 e. The summed E-state index contributed by atoms with van der Waals surface area (Å²) in [5, 5.41) is 2.89. The molecule has 3 aromatic carbocycles. The molecule has 1 unspecified atom stereocenters. The van der Waals surface area contributed by atoms with Gasteiger partial charge in [0.15, 0.2) is 0 Å². The third kappa shape index (κ3) is 4.52. The Labute approximate surface area is 195 Å². The van der Waals surface area contributed by atoms with Crippen LogP contribution >= 0.6 is 0 Å². The van der Waals surface area contributed by atoms with Crippen LogP contribution in [0.4, 0.5) is 5.69 Å². The molecule has 170 valence electrons. The van der Waals surface area contributed by atoms with E-state index < -0.39 is 0 Å². The third-order valence-electron chi connectivity index (χ3n) is 5.67. The van der Waals surface area contributed by atoms with Crippen LogP contribution in [-0.4, -0.2) is 34.0 Å². The first-order valence-electron chi connectivity index (χ1n) is 10.9. The molecule has 2 amide bonds. The van der Waals surface area contributed by atoms with Gasteiger partial charge in [-0.2, -0.15) is 0 Å². The minimum atomic E-state index is -0.351. The molecule has 5 rings (SSSR count). The van der Waals surface area contributed by atoms with Gasteiger partial charge in [-0.1, -0.05) is 30.3 Å². The molecule has 8 nitrogen and oxygen atoms in total. The molecule has 0 aliphatic carbocycles. The van der Waals surface area contributed by atoms with Gasteiger partial charge in [0.2, 0.25) is 11.8 Å². The van der Waals surface area contributed by atoms with Crippen LogP contribution in [0.2, 0.25) is 0 Å². The van der Waals surface area contributed by atoms with E-state index in [1.165, 1.54) is 10.8 Å². The van der Waals surface area contributed by atoms with Gasteiger partial charge >= 0.3 is 0 Å². The van der Waals surface area contributed by atoms with Gasteiger partial charge < -0.3 is 15.0 Å². The van der Waals surface area contributed by atoms with E-state index in [0.717, 1.165) is 11.4 Å². The molecule has 1 saturated heterocycles. The lowest BCUT2D eigenvalue weighted by molar-refractivity contribution is -0.122. The molecule has 34 heavy (non-hydrogen) atoms. The summed E-state index contributed by atoms with van der Waals surface area (Å²) in [7, 11) is 0.